The number of fused-ring (bicyclic) bond motifs is 3. The lowest BCUT2D eigenvalue weighted by Gasteiger charge is -2.50. The van der Waals surface area contributed by atoms with Crippen molar-refractivity contribution in [2.75, 3.05) is 27.7 Å². The lowest BCUT2D eigenvalue weighted by Crippen LogP contribution is -2.65. The third kappa shape index (κ3) is 4.59. The van der Waals surface area contributed by atoms with Crippen LogP contribution >= 0.6 is 0 Å². The van der Waals surface area contributed by atoms with E-state index in [0.29, 0.717) is 23.4 Å². The number of likely N-dealkylation sites (N-methyl/N-ethyl adjacent to an activating group) is 1. The van der Waals surface area contributed by atoms with Crippen molar-refractivity contribution in [1.29, 1.82) is 0 Å². The van der Waals surface area contributed by atoms with Gasteiger partial charge in [-0.25, -0.2) is 0 Å². The molecule has 228 valence electrons. The monoisotopic (exact) mass is 591 g/mol. The molecule has 0 aromatic heterocycles. The molecule has 2 aromatic carbocycles. The summed E-state index contributed by atoms with van der Waals surface area (Å²) in [5.74, 6) is -6.26. The number of nitrogens with one attached hydrogen (secondary N) is 1. The van der Waals surface area contributed by atoms with E-state index in [1.165, 1.54) is 11.0 Å². The second-order valence-corrected chi connectivity index (χ2v) is 11.7. The summed E-state index contributed by atoms with van der Waals surface area (Å²) < 4.78 is 5.67. The molecular formula is C32H37N3O8. The number of rotatable bonds is 8. The van der Waals surface area contributed by atoms with E-state index in [1.54, 1.807) is 27.3 Å². The number of amides is 1. The molecular weight excluding hydrogens is 554 g/mol. The zero-order valence-corrected chi connectivity index (χ0v) is 24.6. The van der Waals surface area contributed by atoms with Crippen molar-refractivity contribution in [1.82, 2.24) is 10.2 Å². The number of hydrogen-bond acceptors (Lipinski definition) is 10. The van der Waals surface area contributed by atoms with Crippen molar-refractivity contribution in [3.8, 4) is 22.6 Å². The standard InChI is InChI=1S/C32H37N3O8/c1-5-10-34-14-15-6-9-22(43-4)18(11-15)17-7-8-21(36)24-19(17)12-16-13-20-26(35(2)3)28(38)25(31(33)41)30(40)32(20,42)29(39)23(16)27(24)37/h6-9,11,16,20,26,34,36-37,40,42H,5,10,12-14H2,1-4H3,(H2,33,41)/t16?,20?,26?,32-/m0/s1. The third-order valence-electron chi connectivity index (χ3n) is 8.91. The molecule has 3 aliphatic rings. The number of nitrogens with two attached hydrogens (primary N) is 1. The van der Waals surface area contributed by atoms with Crippen LogP contribution in [0.5, 0.6) is 11.5 Å². The van der Waals surface area contributed by atoms with Crippen molar-refractivity contribution in [2.45, 2.75) is 44.4 Å². The van der Waals surface area contributed by atoms with Crippen LogP contribution in [-0.4, -0.2) is 82.2 Å². The van der Waals surface area contributed by atoms with E-state index in [4.69, 9.17) is 10.5 Å². The number of benzene rings is 2. The topological polar surface area (TPSA) is 183 Å². The third-order valence-corrected chi connectivity index (χ3v) is 8.91. The Morgan fingerprint density at radius 2 is 1.86 bits per heavy atom. The Morgan fingerprint density at radius 1 is 1.14 bits per heavy atom. The van der Waals surface area contributed by atoms with Gasteiger partial charge in [-0.15, -0.1) is 0 Å². The van der Waals surface area contributed by atoms with Gasteiger partial charge in [0.25, 0.3) is 5.91 Å². The Balaban J connectivity index is 1.69. The second kappa shape index (κ2) is 11.1. The molecule has 0 aliphatic heterocycles. The first-order valence-corrected chi connectivity index (χ1v) is 14.3. The van der Waals surface area contributed by atoms with E-state index in [1.807, 2.05) is 18.2 Å². The normalized spacial score (nSPS) is 25.0. The molecule has 0 saturated heterocycles. The van der Waals surface area contributed by atoms with E-state index in [-0.39, 0.29) is 29.7 Å². The van der Waals surface area contributed by atoms with Crippen LogP contribution in [0.1, 0.15) is 36.5 Å². The SMILES string of the molecule is CCCNCc1ccc(OC)c(-c2ccc(O)c3c2CC2CC4C(N(C)C)C(=O)C(C(N)=O)=C(O)[C@@]4(O)C(=O)C2=C3O)c1. The molecule has 3 unspecified atom stereocenters. The number of carbonyl (C=O) groups excluding carboxylic acids is 3. The minimum absolute atomic E-state index is 0.0129. The highest BCUT2D eigenvalue weighted by atomic mass is 16.5. The van der Waals surface area contributed by atoms with Crippen LogP contribution in [0.3, 0.4) is 0 Å². The molecule has 4 atom stereocenters. The molecule has 0 spiro atoms. The summed E-state index contributed by atoms with van der Waals surface area (Å²) in [5.41, 5.74) is 4.70. The number of carbonyl (C=O) groups is 3. The van der Waals surface area contributed by atoms with Crippen molar-refractivity contribution in [2.24, 2.45) is 17.6 Å². The summed E-state index contributed by atoms with van der Waals surface area (Å²) in [7, 11) is 4.69. The summed E-state index contributed by atoms with van der Waals surface area (Å²) in [5, 5.41) is 48.7. The van der Waals surface area contributed by atoms with Gasteiger partial charge in [-0.2, -0.15) is 0 Å². The van der Waals surface area contributed by atoms with Gasteiger partial charge >= 0.3 is 0 Å². The van der Waals surface area contributed by atoms with Crippen molar-refractivity contribution < 1.29 is 39.5 Å². The van der Waals surface area contributed by atoms with E-state index in [9.17, 15) is 34.8 Å². The average Bonchev–Trinajstić information content (AvgIpc) is 2.95. The molecule has 2 aromatic rings. The summed E-state index contributed by atoms with van der Waals surface area (Å²) in [6, 6.07) is 7.79. The van der Waals surface area contributed by atoms with Gasteiger partial charge in [0.15, 0.2) is 11.4 Å². The first-order valence-electron chi connectivity index (χ1n) is 14.3. The van der Waals surface area contributed by atoms with Gasteiger partial charge in [-0.3, -0.25) is 19.3 Å². The summed E-state index contributed by atoms with van der Waals surface area (Å²) in [6.45, 7) is 3.56. The highest BCUT2D eigenvalue weighted by Crippen LogP contribution is 2.54. The average molecular weight is 592 g/mol. The smallest absolute Gasteiger partial charge is 0.255 e. The van der Waals surface area contributed by atoms with Crippen LogP contribution < -0.4 is 15.8 Å². The molecule has 5 rings (SSSR count). The second-order valence-electron chi connectivity index (χ2n) is 11.7. The van der Waals surface area contributed by atoms with Gasteiger partial charge in [-0.1, -0.05) is 19.1 Å². The fourth-order valence-corrected chi connectivity index (χ4v) is 6.98. The lowest BCUT2D eigenvalue weighted by atomic mass is 9.57. The largest absolute Gasteiger partial charge is 0.508 e. The minimum Gasteiger partial charge on any atom is -0.508 e. The fourth-order valence-electron chi connectivity index (χ4n) is 6.98. The van der Waals surface area contributed by atoms with Gasteiger partial charge in [0.1, 0.15) is 28.6 Å². The highest BCUT2D eigenvalue weighted by Gasteiger charge is 2.64. The first-order chi connectivity index (χ1) is 20.4. The van der Waals surface area contributed by atoms with Crippen LogP contribution in [0.2, 0.25) is 0 Å². The Morgan fingerprint density at radius 3 is 2.49 bits per heavy atom. The van der Waals surface area contributed by atoms with E-state index in [2.05, 4.69) is 12.2 Å². The Hall–Kier alpha value is -4.19. The zero-order chi connectivity index (χ0) is 31.4. The highest BCUT2D eigenvalue weighted by molar-refractivity contribution is 6.24. The van der Waals surface area contributed by atoms with Gasteiger partial charge in [0.2, 0.25) is 5.78 Å². The van der Waals surface area contributed by atoms with Crippen LogP contribution in [-0.2, 0) is 27.3 Å². The Kier molecular flexibility index (Phi) is 7.84. The number of hydrogen-bond donors (Lipinski definition) is 6. The molecule has 0 heterocycles. The van der Waals surface area contributed by atoms with Gasteiger partial charge < -0.3 is 36.2 Å². The van der Waals surface area contributed by atoms with Crippen molar-refractivity contribution >= 4 is 23.2 Å². The first kappa shape index (κ1) is 30.3. The maximum absolute atomic E-state index is 14.1. The fraction of sp³-hybridized carbons (Fsp3) is 0.406. The number of aliphatic hydroxyl groups is 3. The number of nitrogens with zero attached hydrogens (tertiary/aromatic N) is 1. The van der Waals surface area contributed by atoms with Crippen LogP contribution in [0.4, 0.5) is 0 Å². The summed E-state index contributed by atoms with van der Waals surface area (Å²) >= 11 is 0. The number of phenolic OH excluding ortho intramolecular Hbond substituents is 1. The zero-order valence-electron chi connectivity index (χ0n) is 24.6. The van der Waals surface area contributed by atoms with Gasteiger partial charge in [-0.05, 0) is 80.7 Å². The number of ketones is 2. The number of ether oxygens (including phenoxy) is 1. The number of aliphatic hydroxyl groups excluding tert-OH is 2. The molecule has 1 saturated carbocycles. The molecule has 11 nitrogen and oxygen atoms in total. The number of Topliss-reactive ketones (excluding diaryl/α,β-unsaturated/α-hetero) is 2. The maximum atomic E-state index is 14.1. The molecule has 1 fully saturated rings. The quantitative estimate of drug-likeness (QED) is 0.196. The number of primary amides is 1. The van der Waals surface area contributed by atoms with Gasteiger partial charge in [0.05, 0.1) is 18.7 Å². The number of methoxy groups -OCH3 is 1. The van der Waals surface area contributed by atoms with E-state index in [0.717, 1.165) is 24.1 Å². The molecule has 3 aliphatic carbocycles. The van der Waals surface area contributed by atoms with E-state index < -0.39 is 58.0 Å². The molecule has 0 bridgehead atoms. The molecule has 1 amide bonds. The number of phenols is 1. The van der Waals surface area contributed by atoms with Crippen LogP contribution in [0.25, 0.3) is 16.9 Å². The molecule has 0 radical (unpaired) electrons. The summed E-state index contributed by atoms with van der Waals surface area (Å²) in [6.07, 6.45) is 1.18. The predicted octanol–water partition coefficient (Wildman–Crippen LogP) is 2.14. The summed E-state index contributed by atoms with van der Waals surface area (Å²) in [4.78, 5) is 41.1. The van der Waals surface area contributed by atoms with Crippen LogP contribution in [0.15, 0.2) is 47.2 Å². The molecule has 7 N–H and O–H groups in total. The van der Waals surface area contributed by atoms with Crippen molar-refractivity contribution in [3.63, 3.8) is 0 Å². The van der Waals surface area contributed by atoms with Crippen molar-refractivity contribution in [3.05, 3.63) is 63.9 Å². The minimum atomic E-state index is -2.68. The lowest BCUT2D eigenvalue weighted by molar-refractivity contribution is -0.153. The van der Waals surface area contributed by atoms with Gasteiger partial charge in [0, 0.05) is 23.6 Å². The Bertz CT molecular complexity index is 1590. The Labute approximate surface area is 249 Å². The molecule has 43 heavy (non-hydrogen) atoms. The van der Waals surface area contributed by atoms with E-state index >= 15 is 0 Å². The number of aromatic hydroxyl groups is 1. The maximum Gasteiger partial charge on any atom is 0.255 e. The predicted molar refractivity (Wildman–Crippen MR) is 158 cm³/mol. The van der Waals surface area contributed by atoms with Crippen LogP contribution in [0, 0.1) is 11.8 Å². The molecule has 11 heteroatoms.